The average Bonchev–Trinajstić information content (AvgIpc) is 3.25. The molecule has 0 amide bonds. The summed E-state index contributed by atoms with van der Waals surface area (Å²) in [5, 5.41) is 4.70. The van der Waals surface area contributed by atoms with Crippen molar-refractivity contribution >= 4 is 5.52 Å². The van der Waals surface area contributed by atoms with Crippen molar-refractivity contribution in [2.75, 3.05) is 0 Å². The van der Waals surface area contributed by atoms with Crippen LogP contribution in [0.1, 0.15) is 55.7 Å². The molecule has 4 rings (SSSR count). The van der Waals surface area contributed by atoms with Gasteiger partial charge in [0.2, 0.25) is 0 Å². The molecule has 23 heavy (non-hydrogen) atoms. The minimum atomic E-state index is -0.115. The third-order valence-corrected chi connectivity index (χ3v) is 4.74. The van der Waals surface area contributed by atoms with Crippen LogP contribution in [-0.2, 0) is 6.42 Å². The fourth-order valence-corrected chi connectivity index (χ4v) is 3.55. The van der Waals surface area contributed by atoms with Crippen molar-refractivity contribution in [1.82, 2.24) is 24.6 Å². The van der Waals surface area contributed by atoms with E-state index in [1.807, 2.05) is 26.0 Å². The normalized spacial score (nSPS) is 15.7. The zero-order valence-corrected chi connectivity index (χ0v) is 13.5. The van der Waals surface area contributed by atoms with Gasteiger partial charge in [-0.25, -0.2) is 9.50 Å². The molecular formula is C17H21N5O. The van der Waals surface area contributed by atoms with Crippen LogP contribution in [0.2, 0.25) is 0 Å². The maximum absolute atomic E-state index is 12.6. The van der Waals surface area contributed by atoms with Gasteiger partial charge in [0, 0.05) is 11.6 Å². The largest absolute Gasteiger partial charge is 0.356 e. The Morgan fingerprint density at radius 1 is 1.26 bits per heavy atom. The summed E-state index contributed by atoms with van der Waals surface area (Å²) in [6.07, 6.45) is 5.46. The number of fused-ring (bicyclic) bond motifs is 1. The molecule has 6 heteroatoms. The van der Waals surface area contributed by atoms with Gasteiger partial charge in [0.25, 0.3) is 5.56 Å². The summed E-state index contributed by atoms with van der Waals surface area (Å²) in [7, 11) is 0. The van der Waals surface area contributed by atoms with E-state index in [-0.39, 0.29) is 5.56 Å². The molecule has 3 aromatic rings. The monoisotopic (exact) mass is 311 g/mol. The Morgan fingerprint density at radius 3 is 2.70 bits per heavy atom. The van der Waals surface area contributed by atoms with E-state index < -0.39 is 0 Å². The lowest BCUT2D eigenvalue weighted by atomic mass is 10.1. The molecule has 6 nitrogen and oxygen atoms in total. The first-order chi connectivity index (χ1) is 11.2. The Morgan fingerprint density at radius 2 is 2.04 bits per heavy atom. The van der Waals surface area contributed by atoms with Crippen molar-refractivity contribution in [3.63, 3.8) is 0 Å². The molecule has 0 aliphatic heterocycles. The molecule has 0 atom stereocenters. The molecule has 0 aromatic carbocycles. The van der Waals surface area contributed by atoms with Crippen LogP contribution in [0, 0.1) is 6.92 Å². The SMILES string of the molecule is CCc1nc(C2CCCC2)n2nc(-c3ccc(C)[nH]3)[nH]c(=O)c12. The molecule has 3 heterocycles. The van der Waals surface area contributed by atoms with E-state index in [0.29, 0.717) is 17.3 Å². The maximum atomic E-state index is 12.6. The number of imidazole rings is 1. The lowest BCUT2D eigenvalue weighted by molar-refractivity contribution is 0.639. The number of aryl methyl sites for hydroxylation is 2. The Balaban J connectivity index is 1.96. The topological polar surface area (TPSA) is 78.8 Å². The molecule has 0 spiro atoms. The summed E-state index contributed by atoms with van der Waals surface area (Å²) in [6, 6.07) is 3.91. The van der Waals surface area contributed by atoms with Crippen LogP contribution in [0.15, 0.2) is 16.9 Å². The van der Waals surface area contributed by atoms with Crippen LogP contribution in [0.5, 0.6) is 0 Å². The minimum absolute atomic E-state index is 0.115. The number of H-pyrrole nitrogens is 2. The molecule has 0 saturated heterocycles. The summed E-state index contributed by atoms with van der Waals surface area (Å²) in [4.78, 5) is 23.5. The molecule has 1 saturated carbocycles. The van der Waals surface area contributed by atoms with Gasteiger partial charge in [-0.3, -0.25) is 4.79 Å². The van der Waals surface area contributed by atoms with Gasteiger partial charge in [0.1, 0.15) is 5.82 Å². The highest BCUT2D eigenvalue weighted by Crippen LogP contribution is 2.33. The second-order valence-corrected chi connectivity index (χ2v) is 6.37. The number of aromatic nitrogens is 5. The third-order valence-electron chi connectivity index (χ3n) is 4.74. The first-order valence-corrected chi connectivity index (χ1v) is 8.35. The Hall–Kier alpha value is -2.37. The highest BCUT2D eigenvalue weighted by Gasteiger charge is 2.25. The lowest BCUT2D eigenvalue weighted by Gasteiger charge is -2.07. The van der Waals surface area contributed by atoms with Crippen molar-refractivity contribution < 1.29 is 0 Å². The van der Waals surface area contributed by atoms with Crippen molar-refractivity contribution in [3.05, 3.63) is 39.7 Å². The molecule has 1 fully saturated rings. The molecule has 1 aliphatic carbocycles. The first-order valence-electron chi connectivity index (χ1n) is 8.35. The molecule has 0 bridgehead atoms. The predicted molar refractivity (Wildman–Crippen MR) is 88.7 cm³/mol. The minimum Gasteiger partial charge on any atom is -0.356 e. The standard InChI is InChI=1S/C17H21N5O/c1-3-12-14-17(23)20-15(13-9-8-10(2)18-13)21-22(14)16(19-12)11-6-4-5-7-11/h8-9,11,18H,3-7H2,1-2H3,(H,20,21,23). The van der Waals surface area contributed by atoms with Crippen LogP contribution < -0.4 is 5.56 Å². The van der Waals surface area contributed by atoms with Crippen LogP contribution >= 0.6 is 0 Å². The predicted octanol–water partition coefficient (Wildman–Crippen LogP) is 2.94. The van der Waals surface area contributed by atoms with Gasteiger partial charge in [0.05, 0.1) is 11.4 Å². The Labute approximate surface area is 134 Å². The molecule has 2 N–H and O–H groups in total. The Bertz CT molecular complexity index is 911. The average molecular weight is 311 g/mol. The molecule has 1 aliphatic rings. The van der Waals surface area contributed by atoms with Crippen molar-refractivity contribution in [1.29, 1.82) is 0 Å². The maximum Gasteiger partial charge on any atom is 0.277 e. The molecule has 0 unspecified atom stereocenters. The number of hydrogen-bond acceptors (Lipinski definition) is 3. The Kier molecular flexibility index (Phi) is 3.32. The van der Waals surface area contributed by atoms with Crippen LogP contribution in [0.3, 0.4) is 0 Å². The summed E-state index contributed by atoms with van der Waals surface area (Å²) < 4.78 is 1.79. The zero-order valence-electron chi connectivity index (χ0n) is 13.5. The highest BCUT2D eigenvalue weighted by molar-refractivity contribution is 5.56. The summed E-state index contributed by atoms with van der Waals surface area (Å²) in [5.74, 6) is 1.93. The second kappa shape index (κ2) is 5.37. The summed E-state index contributed by atoms with van der Waals surface area (Å²) in [5.41, 5.74) is 3.19. The van der Waals surface area contributed by atoms with E-state index in [9.17, 15) is 4.79 Å². The van der Waals surface area contributed by atoms with Gasteiger partial charge in [0.15, 0.2) is 11.3 Å². The number of rotatable bonds is 3. The van der Waals surface area contributed by atoms with E-state index in [1.165, 1.54) is 12.8 Å². The summed E-state index contributed by atoms with van der Waals surface area (Å²) >= 11 is 0. The van der Waals surface area contributed by atoms with E-state index in [4.69, 9.17) is 10.1 Å². The van der Waals surface area contributed by atoms with Crippen LogP contribution in [-0.4, -0.2) is 24.6 Å². The first kappa shape index (κ1) is 14.2. The highest BCUT2D eigenvalue weighted by atomic mass is 16.1. The van der Waals surface area contributed by atoms with E-state index >= 15 is 0 Å². The fraction of sp³-hybridized carbons (Fsp3) is 0.471. The van der Waals surface area contributed by atoms with Crippen LogP contribution in [0.25, 0.3) is 17.0 Å². The molecule has 3 aromatic heterocycles. The van der Waals surface area contributed by atoms with Crippen molar-refractivity contribution in [2.45, 2.75) is 51.9 Å². The number of nitrogens with one attached hydrogen (secondary N) is 2. The molecule has 0 radical (unpaired) electrons. The molecule has 120 valence electrons. The quantitative estimate of drug-likeness (QED) is 0.780. The van der Waals surface area contributed by atoms with Gasteiger partial charge in [-0.1, -0.05) is 19.8 Å². The zero-order chi connectivity index (χ0) is 16.0. The van der Waals surface area contributed by atoms with Crippen molar-refractivity contribution in [2.24, 2.45) is 0 Å². The van der Waals surface area contributed by atoms with Gasteiger partial charge < -0.3 is 9.97 Å². The number of aromatic amines is 2. The van der Waals surface area contributed by atoms with E-state index in [0.717, 1.165) is 42.2 Å². The summed E-state index contributed by atoms with van der Waals surface area (Å²) in [6.45, 7) is 4.01. The lowest BCUT2D eigenvalue weighted by Crippen LogP contribution is -2.16. The van der Waals surface area contributed by atoms with Crippen LogP contribution in [0.4, 0.5) is 0 Å². The van der Waals surface area contributed by atoms with E-state index in [2.05, 4.69) is 9.97 Å². The smallest absolute Gasteiger partial charge is 0.277 e. The third kappa shape index (κ3) is 2.29. The van der Waals surface area contributed by atoms with Gasteiger partial charge >= 0.3 is 0 Å². The van der Waals surface area contributed by atoms with Crippen molar-refractivity contribution in [3.8, 4) is 11.5 Å². The second-order valence-electron chi connectivity index (χ2n) is 6.37. The molecular weight excluding hydrogens is 290 g/mol. The van der Waals surface area contributed by atoms with Gasteiger partial charge in [-0.2, -0.15) is 0 Å². The number of hydrogen-bond donors (Lipinski definition) is 2. The van der Waals surface area contributed by atoms with Gasteiger partial charge in [-0.15, -0.1) is 5.10 Å². The number of nitrogens with zero attached hydrogens (tertiary/aromatic N) is 3. The van der Waals surface area contributed by atoms with E-state index in [1.54, 1.807) is 4.52 Å². The fourth-order valence-electron chi connectivity index (χ4n) is 3.55. The van der Waals surface area contributed by atoms with Gasteiger partial charge in [-0.05, 0) is 38.3 Å².